The van der Waals surface area contributed by atoms with Crippen LogP contribution < -0.4 is 20.9 Å². The number of nitrogens with two attached hydrogens (primary N) is 2. The molecule has 8 heterocycles. The van der Waals surface area contributed by atoms with Gasteiger partial charge in [0.1, 0.15) is 24.4 Å². The SMILES string of the molecule is CCOc1nc(N)nc2c1ncn2[C@@H]1O[C@@H]2COP(=O)(OCCSC(=O)C(C)(C)CO)O[C@H]2[C@@]1(C)F.CCOc1nc(N)nc2c1ncn2[C@@H]1O[C@@H]2COP(=O)(OCCSC(=O)C(C)(C)CO)O[C@H]2[C@@]1(C)F. The summed E-state index contributed by atoms with van der Waals surface area (Å²) in [6, 6.07) is 0. The summed E-state index contributed by atoms with van der Waals surface area (Å²) in [6.45, 7) is 11.7. The molecule has 26 nitrogen and oxygen atoms in total. The highest BCUT2D eigenvalue weighted by molar-refractivity contribution is 8.14. The van der Waals surface area contributed by atoms with Gasteiger partial charge in [-0.3, -0.25) is 45.9 Å². The molecule has 4 fully saturated rings. The van der Waals surface area contributed by atoms with Gasteiger partial charge in [0.2, 0.25) is 23.7 Å². The maximum atomic E-state index is 16.2. The van der Waals surface area contributed by atoms with Crippen molar-refractivity contribution in [3.8, 4) is 11.8 Å². The van der Waals surface area contributed by atoms with Crippen LogP contribution in [0.1, 0.15) is 67.8 Å². The fourth-order valence-electron chi connectivity index (χ4n) is 7.54. The summed E-state index contributed by atoms with van der Waals surface area (Å²) in [5, 5.41) is 18.1. The first-order chi connectivity index (χ1) is 33.8. The number of fused-ring (bicyclic) bond motifs is 4. The minimum atomic E-state index is -4.13. The zero-order valence-electron chi connectivity index (χ0n) is 40.5. The van der Waals surface area contributed by atoms with Gasteiger partial charge in [-0.25, -0.2) is 27.9 Å². The molecule has 0 bridgehead atoms. The molecule has 10 atom stereocenters. The number of rotatable bonds is 18. The summed E-state index contributed by atoms with van der Waals surface area (Å²) in [6.07, 6.45) is -4.20. The number of imidazole rings is 2. The number of hydrogen-bond donors (Lipinski definition) is 4. The van der Waals surface area contributed by atoms with E-state index in [4.69, 9.17) is 57.6 Å². The highest BCUT2D eigenvalue weighted by Gasteiger charge is 2.63. The number of aliphatic hydroxyl groups excluding tert-OH is 2. The Morgan fingerprint density at radius 2 is 1.11 bits per heavy atom. The smallest absolute Gasteiger partial charge is 0.475 e. The monoisotopic (exact) mass is 1100 g/mol. The van der Waals surface area contributed by atoms with Gasteiger partial charge in [-0.1, -0.05) is 23.5 Å². The quantitative estimate of drug-likeness (QED) is 0.0787. The van der Waals surface area contributed by atoms with E-state index in [1.807, 2.05) is 0 Å². The van der Waals surface area contributed by atoms with Gasteiger partial charge in [0.25, 0.3) is 0 Å². The van der Waals surface area contributed by atoms with Gasteiger partial charge in [0, 0.05) is 11.5 Å². The molecule has 4 aliphatic heterocycles. The minimum Gasteiger partial charge on any atom is -0.476 e. The second-order valence-electron chi connectivity index (χ2n) is 18.2. The molecule has 0 spiro atoms. The fourth-order valence-corrected chi connectivity index (χ4v) is 12.3. The Hall–Kier alpha value is -3.74. The largest absolute Gasteiger partial charge is 0.476 e. The molecule has 0 radical (unpaired) electrons. The van der Waals surface area contributed by atoms with Crippen molar-refractivity contribution < 1.29 is 83.8 Å². The van der Waals surface area contributed by atoms with Crippen LogP contribution in [-0.2, 0) is 55.3 Å². The van der Waals surface area contributed by atoms with Crippen LogP contribution in [0.15, 0.2) is 12.7 Å². The maximum absolute atomic E-state index is 16.2. The molecule has 72 heavy (non-hydrogen) atoms. The van der Waals surface area contributed by atoms with Crippen molar-refractivity contribution in [1.29, 1.82) is 0 Å². The molecule has 4 aromatic rings. The Balaban J connectivity index is 0.000000211. The van der Waals surface area contributed by atoms with Gasteiger partial charge in [0.05, 0.1) is 76.3 Å². The molecule has 6 N–H and O–H groups in total. The topological polar surface area (TPSA) is 340 Å². The molecular weight excluding hydrogens is 1040 g/mol. The number of phosphoric acid groups is 2. The van der Waals surface area contributed by atoms with E-state index in [1.54, 1.807) is 41.5 Å². The Morgan fingerprint density at radius 1 is 0.736 bits per heavy atom. The van der Waals surface area contributed by atoms with E-state index in [2.05, 4.69) is 29.9 Å². The number of hydrogen-bond acceptors (Lipinski definition) is 26. The third-order valence-electron chi connectivity index (χ3n) is 11.5. The molecule has 0 aromatic carbocycles. The van der Waals surface area contributed by atoms with Crippen molar-refractivity contribution in [3.63, 3.8) is 0 Å². The van der Waals surface area contributed by atoms with Crippen LogP contribution in [0.2, 0.25) is 0 Å². The molecule has 4 saturated heterocycles. The summed E-state index contributed by atoms with van der Waals surface area (Å²) < 4.78 is 116. The predicted octanol–water partition coefficient (Wildman–Crippen LogP) is 4.50. The van der Waals surface area contributed by atoms with E-state index in [9.17, 15) is 28.9 Å². The lowest BCUT2D eigenvalue weighted by Crippen LogP contribution is -2.44. The van der Waals surface area contributed by atoms with Gasteiger partial charge in [0.15, 0.2) is 56.4 Å². The van der Waals surface area contributed by atoms with Gasteiger partial charge in [-0.15, -0.1) is 0 Å². The summed E-state index contributed by atoms with van der Waals surface area (Å²) in [5.74, 6) is 0.434. The van der Waals surface area contributed by atoms with Gasteiger partial charge < -0.3 is 40.6 Å². The minimum absolute atomic E-state index is 0.0834. The number of nitrogens with zero attached hydrogens (tertiary/aromatic N) is 8. The molecule has 0 amide bonds. The first kappa shape index (κ1) is 56.0. The number of nitrogen functional groups attached to an aromatic ring is 2. The van der Waals surface area contributed by atoms with Crippen molar-refractivity contribution in [2.75, 3.05) is 75.8 Å². The Labute approximate surface area is 419 Å². The van der Waals surface area contributed by atoms with E-state index in [-0.39, 0.29) is 107 Å². The fraction of sp³-hybridized carbons (Fsp3) is 0.700. The second kappa shape index (κ2) is 21.8. The molecule has 8 rings (SSSR count). The summed E-state index contributed by atoms with van der Waals surface area (Å²) in [7, 11) is -8.26. The van der Waals surface area contributed by atoms with E-state index in [0.29, 0.717) is 13.2 Å². The number of thioether (sulfide) groups is 2. The average Bonchev–Trinajstić information content (AvgIpc) is 4.07. The van der Waals surface area contributed by atoms with Crippen molar-refractivity contribution in [2.45, 2.75) is 104 Å². The third-order valence-corrected chi connectivity index (χ3v) is 16.8. The number of ether oxygens (including phenoxy) is 4. The Bertz CT molecular complexity index is 2540. The zero-order valence-corrected chi connectivity index (χ0v) is 43.9. The molecule has 400 valence electrons. The Kier molecular flexibility index (Phi) is 17.0. The number of carbonyl (C=O) groups is 2. The van der Waals surface area contributed by atoms with Gasteiger partial charge >= 0.3 is 15.6 Å². The lowest BCUT2D eigenvalue weighted by Gasteiger charge is -2.33. The van der Waals surface area contributed by atoms with Gasteiger partial charge in [-0.2, -0.15) is 19.9 Å². The van der Waals surface area contributed by atoms with Crippen LogP contribution in [0.3, 0.4) is 0 Å². The standard InChI is InChI=1S/2C20H29FN5O8PS/c2*1-5-30-15-12-14(24-18(22)25-15)26(10-23-12)16-20(4,21)13-11(33-16)8-32-35(29,34-13)31-6-7-36-17(28)19(2,3)9-27/h2*10-11,13,16,27H,5-9H2,1-4H3,(H2,22,24,25)/t2*11-,13-,16-,20-,35?/m11/s1. The van der Waals surface area contributed by atoms with Crippen LogP contribution in [0.25, 0.3) is 22.3 Å². The summed E-state index contributed by atoms with van der Waals surface area (Å²) in [5.41, 5.74) is 6.35. The maximum Gasteiger partial charge on any atom is 0.475 e. The third kappa shape index (κ3) is 11.6. The molecule has 32 heteroatoms. The molecule has 0 aliphatic carbocycles. The normalized spacial score (nSPS) is 30.4. The number of aliphatic hydroxyl groups is 2. The molecule has 4 aromatic heterocycles. The zero-order chi connectivity index (χ0) is 52.6. The lowest BCUT2D eigenvalue weighted by atomic mass is 9.97. The van der Waals surface area contributed by atoms with Crippen molar-refractivity contribution in [1.82, 2.24) is 39.0 Å². The van der Waals surface area contributed by atoms with Gasteiger partial charge in [-0.05, 0) is 55.4 Å². The number of alkyl halides is 2. The van der Waals surface area contributed by atoms with E-state index < -0.39 is 74.7 Å². The second-order valence-corrected chi connectivity index (χ2v) is 23.6. The predicted molar refractivity (Wildman–Crippen MR) is 254 cm³/mol. The first-order valence-electron chi connectivity index (χ1n) is 22.5. The van der Waals surface area contributed by atoms with Crippen LogP contribution in [-0.4, -0.2) is 160 Å². The lowest BCUT2D eigenvalue weighted by molar-refractivity contribution is -0.120. The summed E-state index contributed by atoms with van der Waals surface area (Å²) in [4.78, 5) is 49.0. The van der Waals surface area contributed by atoms with E-state index in [1.165, 1.54) is 35.6 Å². The highest BCUT2D eigenvalue weighted by Crippen LogP contribution is 2.61. The van der Waals surface area contributed by atoms with Crippen LogP contribution in [0, 0.1) is 10.8 Å². The number of phosphoric ester groups is 2. The first-order valence-corrected chi connectivity index (χ1v) is 27.4. The van der Waals surface area contributed by atoms with Crippen molar-refractivity contribution in [3.05, 3.63) is 12.7 Å². The molecule has 4 aliphatic rings. The summed E-state index contributed by atoms with van der Waals surface area (Å²) >= 11 is 1.84. The van der Waals surface area contributed by atoms with E-state index in [0.717, 1.165) is 23.5 Å². The van der Waals surface area contributed by atoms with Crippen molar-refractivity contribution in [2.24, 2.45) is 10.8 Å². The number of aromatic nitrogens is 8. The number of carbonyl (C=O) groups excluding carboxylic acids is 2. The number of halogens is 2. The van der Waals surface area contributed by atoms with Crippen LogP contribution in [0.5, 0.6) is 11.8 Å². The number of anilines is 2. The molecule has 0 saturated carbocycles. The highest BCUT2D eigenvalue weighted by atomic mass is 32.2. The van der Waals surface area contributed by atoms with Crippen LogP contribution >= 0.6 is 39.2 Å². The molecular formula is C40H58F2N10O16P2S2. The Morgan fingerprint density at radius 3 is 1.46 bits per heavy atom. The average molecular weight is 1100 g/mol. The van der Waals surface area contributed by atoms with E-state index >= 15 is 8.78 Å². The van der Waals surface area contributed by atoms with Crippen molar-refractivity contribution >= 4 is 83.6 Å². The molecule has 2 unspecified atom stereocenters. The van der Waals surface area contributed by atoms with Crippen LogP contribution in [0.4, 0.5) is 20.7 Å².